The van der Waals surface area contributed by atoms with Crippen LogP contribution < -0.4 is 16.2 Å². The molecule has 26 heavy (non-hydrogen) atoms. The van der Waals surface area contributed by atoms with Crippen LogP contribution in [0.15, 0.2) is 22.7 Å². The van der Waals surface area contributed by atoms with Crippen molar-refractivity contribution in [2.24, 2.45) is 11.5 Å². The maximum absolute atomic E-state index is 13.2. The van der Waals surface area contributed by atoms with Crippen LogP contribution in [0.5, 0.6) is 5.75 Å². The van der Waals surface area contributed by atoms with Crippen molar-refractivity contribution in [2.75, 3.05) is 13.3 Å². The molecule has 0 spiro atoms. The maximum atomic E-state index is 13.2. The normalized spacial score (nSPS) is 17.5. The molecule has 8 nitrogen and oxygen atoms in total. The quantitative estimate of drug-likeness (QED) is 0.427. The van der Waals surface area contributed by atoms with E-state index in [0.29, 0.717) is 13.0 Å². The molecule has 11 heteroatoms. The second-order valence-corrected chi connectivity index (χ2v) is 5.71. The van der Waals surface area contributed by atoms with E-state index in [-0.39, 0.29) is 41.8 Å². The SMILES string of the molecule is N=C(N)N1CCC[C@H]1c1nc(-c2ccc(OCN)c(C(F)(F)F)c2)no1. The third-order valence-electron chi connectivity index (χ3n) is 4.07. The highest BCUT2D eigenvalue weighted by atomic mass is 19.4. The van der Waals surface area contributed by atoms with Gasteiger partial charge in [-0.05, 0) is 31.0 Å². The van der Waals surface area contributed by atoms with E-state index < -0.39 is 11.7 Å². The summed E-state index contributed by atoms with van der Waals surface area (Å²) in [5.41, 5.74) is 9.85. The van der Waals surface area contributed by atoms with Crippen molar-refractivity contribution >= 4 is 5.96 Å². The molecule has 2 heterocycles. The predicted octanol–water partition coefficient (Wildman–Crippen LogP) is 2.08. The average molecular weight is 370 g/mol. The summed E-state index contributed by atoms with van der Waals surface area (Å²) < 4.78 is 49.7. The van der Waals surface area contributed by atoms with Gasteiger partial charge in [-0.1, -0.05) is 5.16 Å². The number of nitrogens with one attached hydrogen (secondary N) is 1. The van der Waals surface area contributed by atoms with Gasteiger partial charge in [0, 0.05) is 12.1 Å². The van der Waals surface area contributed by atoms with Crippen molar-refractivity contribution in [2.45, 2.75) is 25.1 Å². The minimum absolute atomic E-state index is 0.0141. The van der Waals surface area contributed by atoms with Gasteiger partial charge in [-0.25, -0.2) is 0 Å². The van der Waals surface area contributed by atoms with Gasteiger partial charge in [-0.2, -0.15) is 18.2 Å². The molecule has 0 amide bonds. The summed E-state index contributed by atoms with van der Waals surface area (Å²) in [5.74, 6) is -0.260. The first-order valence-electron chi connectivity index (χ1n) is 7.80. The fourth-order valence-electron chi connectivity index (χ4n) is 2.91. The molecule has 1 fully saturated rings. The van der Waals surface area contributed by atoms with E-state index in [9.17, 15) is 13.2 Å². The zero-order chi connectivity index (χ0) is 18.9. The molecular formula is C15H17F3N6O2. The lowest BCUT2D eigenvalue weighted by atomic mass is 10.1. The topological polar surface area (TPSA) is 127 Å². The lowest BCUT2D eigenvalue weighted by Crippen LogP contribution is -2.35. The minimum Gasteiger partial charge on any atom is -0.478 e. The summed E-state index contributed by atoms with van der Waals surface area (Å²) in [7, 11) is 0. The molecule has 2 aromatic rings. The molecule has 1 aromatic heterocycles. The van der Waals surface area contributed by atoms with Crippen LogP contribution in [0.1, 0.15) is 30.3 Å². The fraction of sp³-hybridized carbons (Fsp3) is 0.400. The van der Waals surface area contributed by atoms with E-state index >= 15 is 0 Å². The summed E-state index contributed by atoms with van der Waals surface area (Å²) >= 11 is 0. The Bertz CT molecular complexity index is 807. The second-order valence-electron chi connectivity index (χ2n) is 5.71. The average Bonchev–Trinajstić information content (AvgIpc) is 3.23. The number of rotatable bonds is 4. The lowest BCUT2D eigenvalue weighted by molar-refractivity contribution is -0.138. The second kappa shape index (κ2) is 6.83. The molecule has 0 radical (unpaired) electrons. The Labute approximate surface area is 146 Å². The van der Waals surface area contributed by atoms with E-state index in [1.54, 1.807) is 4.90 Å². The lowest BCUT2D eigenvalue weighted by Gasteiger charge is -2.21. The van der Waals surface area contributed by atoms with Crippen molar-refractivity contribution in [1.29, 1.82) is 5.41 Å². The number of likely N-dealkylation sites (tertiary alicyclic amines) is 1. The molecule has 0 bridgehead atoms. The summed E-state index contributed by atoms with van der Waals surface area (Å²) in [4.78, 5) is 5.80. The van der Waals surface area contributed by atoms with Gasteiger partial charge in [0.25, 0.3) is 0 Å². The monoisotopic (exact) mass is 370 g/mol. The summed E-state index contributed by atoms with van der Waals surface area (Å²) in [6.07, 6.45) is -3.16. The molecule has 1 atom stereocenters. The number of hydrogen-bond acceptors (Lipinski definition) is 6. The number of nitrogens with two attached hydrogens (primary N) is 2. The number of hydrogen-bond donors (Lipinski definition) is 3. The molecule has 1 saturated heterocycles. The third-order valence-corrected chi connectivity index (χ3v) is 4.07. The fourth-order valence-corrected chi connectivity index (χ4v) is 2.91. The van der Waals surface area contributed by atoms with Crippen LogP contribution in [0.2, 0.25) is 0 Å². The van der Waals surface area contributed by atoms with Crippen molar-refractivity contribution < 1.29 is 22.4 Å². The van der Waals surface area contributed by atoms with Crippen molar-refractivity contribution in [3.05, 3.63) is 29.7 Å². The van der Waals surface area contributed by atoms with Crippen LogP contribution in [0.25, 0.3) is 11.4 Å². The van der Waals surface area contributed by atoms with Crippen molar-refractivity contribution in [1.82, 2.24) is 15.0 Å². The third kappa shape index (κ3) is 3.43. The first-order chi connectivity index (χ1) is 12.3. The van der Waals surface area contributed by atoms with Gasteiger partial charge in [-0.3, -0.25) is 11.1 Å². The Balaban J connectivity index is 1.93. The van der Waals surface area contributed by atoms with E-state index in [2.05, 4.69) is 10.1 Å². The Kier molecular flexibility index (Phi) is 4.72. The van der Waals surface area contributed by atoms with Crippen LogP contribution >= 0.6 is 0 Å². The highest BCUT2D eigenvalue weighted by Gasteiger charge is 2.36. The smallest absolute Gasteiger partial charge is 0.419 e. The zero-order valence-corrected chi connectivity index (χ0v) is 13.6. The number of guanidine groups is 1. The molecule has 1 aliphatic rings. The number of nitrogens with zero attached hydrogens (tertiary/aromatic N) is 3. The highest BCUT2D eigenvalue weighted by molar-refractivity contribution is 5.75. The molecule has 0 unspecified atom stereocenters. The van der Waals surface area contributed by atoms with Gasteiger partial charge in [0.2, 0.25) is 11.7 Å². The Morgan fingerprint density at radius 2 is 2.19 bits per heavy atom. The van der Waals surface area contributed by atoms with Crippen LogP contribution in [-0.2, 0) is 6.18 Å². The van der Waals surface area contributed by atoms with E-state index in [1.165, 1.54) is 12.1 Å². The van der Waals surface area contributed by atoms with Gasteiger partial charge in [0.15, 0.2) is 5.96 Å². The van der Waals surface area contributed by atoms with Crippen LogP contribution in [-0.4, -0.2) is 34.3 Å². The number of alkyl halides is 3. The molecule has 0 aliphatic carbocycles. The molecule has 1 aromatic carbocycles. The van der Waals surface area contributed by atoms with E-state index in [4.69, 9.17) is 26.1 Å². The Morgan fingerprint density at radius 3 is 2.85 bits per heavy atom. The highest BCUT2D eigenvalue weighted by Crippen LogP contribution is 2.39. The molecule has 0 saturated carbocycles. The van der Waals surface area contributed by atoms with Crippen LogP contribution in [0, 0.1) is 5.41 Å². The van der Waals surface area contributed by atoms with Crippen LogP contribution in [0.4, 0.5) is 13.2 Å². The molecule has 3 rings (SSSR count). The number of ether oxygens (including phenoxy) is 1. The standard InChI is InChI=1S/C15H17F3N6O2/c16-15(17,18)9-6-8(3-4-11(9)25-7-19)12-22-13(26-23-12)10-2-1-5-24(10)14(20)21/h3-4,6,10H,1-2,5,7,19H2,(H3,20,21)/t10-/m0/s1. The molecule has 1 aliphatic heterocycles. The van der Waals surface area contributed by atoms with Crippen molar-refractivity contribution in [3.8, 4) is 17.1 Å². The van der Waals surface area contributed by atoms with E-state index in [1.807, 2.05) is 0 Å². The largest absolute Gasteiger partial charge is 0.478 e. The summed E-state index contributed by atoms with van der Waals surface area (Å²) in [5, 5.41) is 11.3. The Hall–Kier alpha value is -2.82. The van der Waals surface area contributed by atoms with E-state index in [0.717, 1.165) is 12.5 Å². The molecule has 140 valence electrons. The van der Waals surface area contributed by atoms with Gasteiger partial charge in [0.1, 0.15) is 18.5 Å². The minimum atomic E-state index is -4.62. The Morgan fingerprint density at radius 1 is 1.42 bits per heavy atom. The van der Waals surface area contributed by atoms with Crippen LogP contribution in [0.3, 0.4) is 0 Å². The predicted molar refractivity (Wildman–Crippen MR) is 85.0 cm³/mol. The van der Waals surface area contributed by atoms with Gasteiger partial charge in [-0.15, -0.1) is 0 Å². The van der Waals surface area contributed by atoms with Gasteiger partial charge >= 0.3 is 6.18 Å². The van der Waals surface area contributed by atoms with Crippen molar-refractivity contribution in [3.63, 3.8) is 0 Å². The molecular weight excluding hydrogens is 353 g/mol. The zero-order valence-electron chi connectivity index (χ0n) is 13.6. The first-order valence-corrected chi connectivity index (χ1v) is 7.80. The maximum Gasteiger partial charge on any atom is 0.419 e. The first kappa shape index (κ1) is 18.0. The number of halogens is 3. The van der Waals surface area contributed by atoms with Gasteiger partial charge in [0.05, 0.1) is 5.56 Å². The summed E-state index contributed by atoms with van der Waals surface area (Å²) in [6, 6.07) is 3.09. The number of benzene rings is 1. The van der Waals surface area contributed by atoms with Gasteiger partial charge < -0.3 is 19.9 Å². The molecule has 5 N–H and O–H groups in total. The number of aromatic nitrogens is 2. The summed E-state index contributed by atoms with van der Waals surface area (Å²) in [6.45, 7) is 0.207.